The van der Waals surface area contributed by atoms with Gasteiger partial charge in [-0.1, -0.05) is 147 Å². The molecule has 7 aromatic carbocycles. The van der Waals surface area contributed by atoms with Gasteiger partial charge in [0, 0.05) is 34.5 Å². The average Bonchev–Trinajstić information content (AvgIpc) is 3.45. The van der Waals surface area contributed by atoms with Gasteiger partial charge in [-0.2, -0.15) is 0 Å². The number of benzene rings is 7. The van der Waals surface area contributed by atoms with E-state index in [1.165, 1.54) is 49.5 Å². The van der Waals surface area contributed by atoms with Crippen LogP contribution in [0.25, 0.3) is 88.8 Å². The van der Waals surface area contributed by atoms with Gasteiger partial charge in [0.05, 0.1) is 11.4 Å². The van der Waals surface area contributed by atoms with Crippen LogP contribution in [-0.4, -0.2) is 15.0 Å². The Labute approximate surface area is 309 Å². The van der Waals surface area contributed by atoms with Crippen LogP contribution in [0.4, 0.5) is 0 Å². The maximum absolute atomic E-state index is 5.27. The molecule has 0 N–H and O–H groups in total. The van der Waals surface area contributed by atoms with Crippen molar-refractivity contribution in [3.8, 4) is 67.3 Å². The van der Waals surface area contributed by atoms with Crippen LogP contribution in [0.1, 0.15) is 25.0 Å². The van der Waals surface area contributed by atoms with Crippen molar-refractivity contribution in [1.29, 1.82) is 0 Å². The Morgan fingerprint density at radius 2 is 1.00 bits per heavy atom. The Morgan fingerprint density at radius 3 is 1.77 bits per heavy atom. The van der Waals surface area contributed by atoms with Gasteiger partial charge >= 0.3 is 0 Å². The Bertz CT molecular complexity index is 2860. The normalized spacial score (nSPS) is 12.9. The summed E-state index contributed by atoms with van der Waals surface area (Å²) in [5.74, 6) is 0.697. The summed E-state index contributed by atoms with van der Waals surface area (Å²) in [5, 5.41) is 4.91. The molecule has 10 rings (SSSR count). The summed E-state index contributed by atoms with van der Waals surface area (Å²) < 4.78 is 0. The number of pyridine rings is 1. The van der Waals surface area contributed by atoms with Crippen LogP contribution in [0.3, 0.4) is 0 Å². The zero-order chi connectivity index (χ0) is 35.5. The molecule has 0 unspecified atom stereocenters. The highest BCUT2D eigenvalue weighted by molar-refractivity contribution is 6.08. The second kappa shape index (κ2) is 12.2. The second-order valence-corrected chi connectivity index (χ2v) is 14.4. The van der Waals surface area contributed by atoms with E-state index in [1.54, 1.807) is 0 Å². The third-order valence-corrected chi connectivity index (χ3v) is 11.0. The largest absolute Gasteiger partial charge is 0.265 e. The number of hydrogen-bond donors (Lipinski definition) is 0. The van der Waals surface area contributed by atoms with Gasteiger partial charge in [-0.3, -0.25) is 4.98 Å². The molecule has 0 aliphatic heterocycles. The molecule has 0 saturated carbocycles. The molecule has 2 aromatic heterocycles. The molecule has 3 nitrogen and oxygen atoms in total. The molecule has 0 amide bonds. The van der Waals surface area contributed by atoms with Crippen molar-refractivity contribution < 1.29 is 0 Å². The van der Waals surface area contributed by atoms with Crippen LogP contribution in [0.15, 0.2) is 176 Å². The maximum atomic E-state index is 5.27. The summed E-state index contributed by atoms with van der Waals surface area (Å²) in [4.78, 5) is 14.7. The fourth-order valence-corrected chi connectivity index (χ4v) is 8.38. The lowest BCUT2D eigenvalue weighted by Gasteiger charge is -2.22. The number of rotatable bonds is 5. The van der Waals surface area contributed by atoms with Crippen LogP contribution in [0.2, 0.25) is 0 Å². The molecule has 0 atom stereocenters. The Morgan fingerprint density at radius 1 is 0.396 bits per heavy atom. The maximum Gasteiger partial charge on any atom is 0.160 e. The number of hydrogen-bond acceptors (Lipinski definition) is 3. The molecule has 0 fully saturated rings. The minimum Gasteiger partial charge on any atom is -0.265 e. The first-order valence-corrected chi connectivity index (χ1v) is 18.2. The highest BCUT2D eigenvalue weighted by Crippen LogP contribution is 2.54. The highest BCUT2D eigenvalue weighted by atomic mass is 14.9. The molecular formula is C50H35N3. The van der Waals surface area contributed by atoms with Crippen molar-refractivity contribution in [2.75, 3.05) is 0 Å². The van der Waals surface area contributed by atoms with Gasteiger partial charge in [0.1, 0.15) is 0 Å². The summed E-state index contributed by atoms with van der Waals surface area (Å²) in [7, 11) is 0. The van der Waals surface area contributed by atoms with E-state index in [0.29, 0.717) is 5.82 Å². The third kappa shape index (κ3) is 5.08. The molecule has 0 spiro atoms. The van der Waals surface area contributed by atoms with Gasteiger partial charge in [-0.05, 0) is 96.4 Å². The van der Waals surface area contributed by atoms with Crippen LogP contribution < -0.4 is 0 Å². The van der Waals surface area contributed by atoms with E-state index in [4.69, 9.17) is 9.97 Å². The lowest BCUT2D eigenvalue weighted by molar-refractivity contribution is 0.661. The van der Waals surface area contributed by atoms with E-state index in [2.05, 4.69) is 152 Å². The van der Waals surface area contributed by atoms with Crippen LogP contribution >= 0.6 is 0 Å². The van der Waals surface area contributed by atoms with Gasteiger partial charge in [-0.15, -0.1) is 0 Å². The zero-order valence-corrected chi connectivity index (χ0v) is 29.6. The Balaban J connectivity index is 1.19. The molecule has 250 valence electrons. The standard InChI is InChI=1S/C50H35N3/c1-50(2)44-22-12-21-42(48(44)43-29-34-15-6-7-16-35(34)30-45(43)50)39-23-24-41(38-19-10-9-18-37(38)39)47-31-46(52-49(53-47)33-13-4-3-5-14-33)40-20-11-8-17-36(40)32-25-27-51-28-26-32/h3-31H,1-2H3. The van der Waals surface area contributed by atoms with E-state index in [-0.39, 0.29) is 5.41 Å². The summed E-state index contributed by atoms with van der Waals surface area (Å²) in [6.07, 6.45) is 3.68. The summed E-state index contributed by atoms with van der Waals surface area (Å²) >= 11 is 0. The molecule has 1 aliphatic carbocycles. The molecule has 53 heavy (non-hydrogen) atoms. The van der Waals surface area contributed by atoms with E-state index in [9.17, 15) is 0 Å². The quantitative estimate of drug-likeness (QED) is 0.182. The minimum atomic E-state index is -0.113. The summed E-state index contributed by atoms with van der Waals surface area (Å²) in [6.45, 7) is 4.72. The van der Waals surface area contributed by atoms with Gasteiger partial charge < -0.3 is 0 Å². The van der Waals surface area contributed by atoms with Crippen LogP contribution in [0.5, 0.6) is 0 Å². The lowest BCUT2D eigenvalue weighted by atomic mass is 9.81. The van der Waals surface area contributed by atoms with Crippen molar-refractivity contribution in [3.63, 3.8) is 0 Å². The second-order valence-electron chi connectivity index (χ2n) is 14.4. The third-order valence-electron chi connectivity index (χ3n) is 11.0. The Kier molecular flexibility index (Phi) is 7.16. The first-order valence-electron chi connectivity index (χ1n) is 18.2. The van der Waals surface area contributed by atoms with Crippen molar-refractivity contribution >= 4 is 21.5 Å². The van der Waals surface area contributed by atoms with Gasteiger partial charge in [0.25, 0.3) is 0 Å². The van der Waals surface area contributed by atoms with Crippen molar-refractivity contribution in [2.45, 2.75) is 19.3 Å². The van der Waals surface area contributed by atoms with E-state index in [0.717, 1.165) is 44.6 Å². The Hall–Kier alpha value is -6.71. The van der Waals surface area contributed by atoms with Gasteiger partial charge in [0.2, 0.25) is 0 Å². The fraction of sp³-hybridized carbons (Fsp3) is 0.0600. The predicted octanol–water partition coefficient (Wildman–Crippen LogP) is 12.8. The lowest BCUT2D eigenvalue weighted by Crippen LogP contribution is -2.14. The molecule has 3 heteroatoms. The topological polar surface area (TPSA) is 38.7 Å². The van der Waals surface area contributed by atoms with Crippen molar-refractivity contribution in [1.82, 2.24) is 15.0 Å². The first kappa shape index (κ1) is 31.1. The molecule has 1 aliphatic rings. The van der Waals surface area contributed by atoms with E-state index in [1.807, 2.05) is 42.7 Å². The zero-order valence-electron chi connectivity index (χ0n) is 29.6. The SMILES string of the molecule is CC1(C)c2cc3ccccc3cc2-c2c(-c3ccc(-c4cc(-c5ccccc5-c5ccncc5)nc(-c5ccccc5)n4)c4ccccc34)cccc21. The van der Waals surface area contributed by atoms with Crippen molar-refractivity contribution in [3.05, 3.63) is 187 Å². The average molecular weight is 678 g/mol. The number of fused-ring (bicyclic) bond motifs is 5. The van der Waals surface area contributed by atoms with Crippen LogP contribution in [-0.2, 0) is 5.41 Å². The van der Waals surface area contributed by atoms with Gasteiger partial charge in [-0.25, -0.2) is 9.97 Å². The monoisotopic (exact) mass is 677 g/mol. The summed E-state index contributed by atoms with van der Waals surface area (Å²) in [6, 6.07) is 58.7. The summed E-state index contributed by atoms with van der Waals surface area (Å²) in [5.41, 5.74) is 14.8. The molecular weight excluding hydrogens is 643 g/mol. The molecule has 2 heterocycles. The highest BCUT2D eigenvalue weighted by Gasteiger charge is 2.37. The van der Waals surface area contributed by atoms with E-state index >= 15 is 0 Å². The first-order chi connectivity index (χ1) is 26.0. The molecule has 9 aromatic rings. The van der Waals surface area contributed by atoms with Gasteiger partial charge in [0.15, 0.2) is 5.82 Å². The number of nitrogens with zero attached hydrogens (tertiary/aromatic N) is 3. The molecule has 0 bridgehead atoms. The predicted molar refractivity (Wildman–Crippen MR) is 220 cm³/mol. The fourth-order valence-electron chi connectivity index (χ4n) is 8.38. The number of aromatic nitrogens is 3. The molecule has 0 saturated heterocycles. The van der Waals surface area contributed by atoms with Crippen molar-refractivity contribution in [2.24, 2.45) is 0 Å². The minimum absolute atomic E-state index is 0.113. The van der Waals surface area contributed by atoms with E-state index < -0.39 is 0 Å². The molecule has 0 radical (unpaired) electrons. The van der Waals surface area contributed by atoms with Crippen LogP contribution in [0, 0.1) is 0 Å². The smallest absolute Gasteiger partial charge is 0.160 e.